The second kappa shape index (κ2) is 10.9. The van der Waals surface area contributed by atoms with Crippen molar-refractivity contribution in [2.24, 2.45) is 0 Å². The molecule has 0 saturated heterocycles. The molecule has 0 bridgehead atoms. The number of benzene rings is 3. The van der Waals surface area contributed by atoms with E-state index in [9.17, 15) is 4.79 Å². The molecule has 1 aromatic heterocycles. The van der Waals surface area contributed by atoms with Crippen LogP contribution in [0.5, 0.6) is 5.75 Å². The van der Waals surface area contributed by atoms with Crippen LogP contribution in [0.15, 0.2) is 78.0 Å². The Kier molecular flexibility index (Phi) is 7.49. The normalized spacial score (nSPS) is 10.7. The van der Waals surface area contributed by atoms with Crippen molar-refractivity contribution in [3.05, 3.63) is 89.7 Å². The molecule has 0 aliphatic carbocycles. The van der Waals surface area contributed by atoms with Gasteiger partial charge in [0.25, 0.3) is 0 Å². The number of anilines is 2. The molecule has 8 heteroatoms. The van der Waals surface area contributed by atoms with Gasteiger partial charge in [0.15, 0.2) is 11.0 Å². The Morgan fingerprint density at radius 2 is 1.76 bits per heavy atom. The number of amides is 1. The number of para-hydroxylation sites is 1. The summed E-state index contributed by atoms with van der Waals surface area (Å²) in [5.41, 5.74) is 4.92. The lowest BCUT2D eigenvalue weighted by molar-refractivity contribution is -0.113. The van der Waals surface area contributed by atoms with Gasteiger partial charge >= 0.3 is 0 Å². The fourth-order valence-corrected chi connectivity index (χ4v) is 4.28. The molecule has 3 aromatic carbocycles. The number of carbonyl (C=O) groups is 1. The highest BCUT2D eigenvalue weighted by molar-refractivity contribution is 7.99. The number of hydrogen-bond donors (Lipinski definition) is 2. The minimum absolute atomic E-state index is 0.0857. The summed E-state index contributed by atoms with van der Waals surface area (Å²) in [5, 5.41) is 15.8. The summed E-state index contributed by atoms with van der Waals surface area (Å²) in [6.45, 7) is 4.50. The van der Waals surface area contributed by atoms with Gasteiger partial charge in [-0.1, -0.05) is 47.7 Å². The van der Waals surface area contributed by atoms with Crippen LogP contribution in [-0.4, -0.2) is 33.5 Å². The largest absolute Gasteiger partial charge is 0.497 e. The predicted octanol–water partition coefficient (Wildman–Crippen LogP) is 5.24. The number of hydrogen-bond acceptors (Lipinski definition) is 6. The van der Waals surface area contributed by atoms with Crippen LogP contribution in [0.25, 0.3) is 5.69 Å². The van der Waals surface area contributed by atoms with E-state index in [0.29, 0.717) is 11.7 Å². The van der Waals surface area contributed by atoms with Crippen molar-refractivity contribution in [1.29, 1.82) is 0 Å². The highest BCUT2D eigenvalue weighted by Gasteiger charge is 2.16. The zero-order valence-corrected chi connectivity index (χ0v) is 20.2. The van der Waals surface area contributed by atoms with Crippen molar-refractivity contribution in [2.45, 2.75) is 25.5 Å². The third-order valence-corrected chi connectivity index (χ3v) is 6.17. The van der Waals surface area contributed by atoms with Crippen molar-refractivity contribution >= 4 is 29.0 Å². The first-order valence-corrected chi connectivity index (χ1v) is 11.9. The Labute approximate surface area is 203 Å². The smallest absolute Gasteiger partial charge is 0.234 e. The highest BCUT2D eigenvalue weighted by atomic mass is 32.2. The van der Waals surface area contributed by atoms with Gasteiger partial charge in [-0.2, -0.15) is 0 Å². The Morgan fingerprint density at radius 3 is 2.47 bits per heavy atom. The average Bonchev–Trinajstić information content (AvgIpc) is 3.27. The molecule has 0 aliphatic heterocycles. The van der Waals surface area contributed by atoms with E-state index in [1.165, 1.54) is 11.8 Å². The lowest BCUT2D eigenvalue weighted by Crippen LogP contribution is -2.15. The fourth-order valence-electron chi connectivity index (χ4n) is 3.50. The number of ether oxygens (including phenoxy) is 1. The maximum Gasteiger partial charge on any atom is 0.234 e. The Hall–Kier alpha value is -3.78. The molecule has 0 radical (unpaired) electrons. The van der Waals surface area contributed by atoms with E-state index < -0.39 is 0 Å². The summed E-state index contributed by atoms with van der Waals surface area (Å²) in [6.07, 6.45) is 0. The second-order valence-corrected chi connectivity index (χ2v) is 8.75. The standard InChI is InChI=1S/C26H27N5O2S/c1-18-9-14-23(19(2)15-18)28-25(32)17-34-26-30-29-24(31(26)21-7-5-4-6-8-21)16-27-20-10-12-22(33-3)13-11-20/h4-15,27H,16-17H2,1-3H3,(H,28,32). The van der Waals surface area contributed by atoms with Gasteiger partial charge in [-0.15, -0.1) is 10.2 Å². The Balaban J connectivity index is 1.48. The molecule has 1 heterocycles. The van der Waals surface area contributed by atoms with Crippen LogP contribution < -0.4 is 15.4 Å². The zero-order valence-electron chi connectivity index (χ0n) is 19.4. The number of aromatic nitrogens is 3. The van der Waals surface area contributed by atoms with E-state index in [0.717, 1.165) is 39.8 Å². The summed E-state index contributed by atoms with van der Waals surface area (Å²) in [6, 6.07) is 23.6. The van der Waals surface area contributed by atoms with E-state index in [1.54, 1.807) is 7.11 Å². The van der Waals surface area contributed by atoms with Gasteiger partial charge in [0, 0.05) is 17.1 Å². The Bertz CT molecular complexity index is 1260. The molecule has 174 valence electrons. The number of rotatable bonds is 9. The van der Waals surface area contributed by atoms with Crippen LogP contribution in [0.4, 0.5) is 11.4 Å². The molecule has 34 heavy (non-hydrogen) atoms. The van der Waals surface area contributed by atoms with Crippen LogP contribution >= 0.6 is 11.8 Å². The number of nitrogens with one attached hydrogen (secondary N) is 2. The van der Waals surface area contributed by atoms with Crippen LogP contribution in [0.2, 0.25) is 0 Å². The average molecular weight is 474 g/mol. The molecule has 1 amide bonds. The molecular formula is C26H27N5O2S. The molecule has 0 atom stereocenters. The number of nitrogens with zero attached hydrogens (tertiary/aromatic N) is 3. The summed E-state index contributed by atoms with van der Waals surface area (Å²) >= 11 is 1.36. The Morgan fingerprint density at radius 1 is 1.00 bits per heavy atom. The van der Waals surface area contributed by atoms with Crippen LogP contribution in [-0.2, 0) is 11.3 Å². The maximum atomic E-state index is 12.6. The number of carbonyl (C=O) groups excluding carboxylic acids is 1. The molecule has 0 saturated carbocycles. The second-order valence-electron chi connectivity index (χ2n) is 7.81. The van der Waals surface area contributed by atoms with Crippen LogP contribution in [0.3, 0.4) is 0 Å². The molecule has 0 unspecified atom stereocenters. The van der Waals surface area contributed by atoms with Gasteiger partial charge in [0.1, 0.15) is 5.75 Å². The summed E-state index contributed by atoms with van der Waals surface area (Å²) < 4.78 is 7.20. The van der Waals surface area contributed by atoms with Crippen molar-refractivity contribution in [2.75, 3.05) is 23.5 Å². The molecule has 7 nitrogen and oxygen atoms in total. The van der Waals surface area contributed by atoms with Crippen molar-refractivity contribution in [1.82, 2.24) is 14.8 Å². The van der Waals surface area contributed by atoms with Crippen molar-refractivity contribution < 1.29 is 9.53 Å². The van der Waals surface area contributed by atoms with E-state index in [4.69, 9.17) is 4.74 Å². The number of aryl methyl sites for hydroxylation is 2. The quantitative estimate of drug-likeness (QED) is 0.324. The van der Waals surface area contributed by atoms with E-state index in [1.807, 2.05) is 85.1 Å². The van der Waals surface area contributed by atoms with Gasteiger partial charge in [-0.05, 0) is 61.9 Å². The van der Waals surface area contributed by atoms with Crippen molar-refractivity contribution in [3.8, 4) is 11.4 Å². The van der Waals surface area contributed by atoms with Crippen molar-refractivity contribution in [3.63, 3.8) is 0 Å². The molecular weight excluding hydrogens is 446 g/mol. The SMILES string of the molecule is COc1ccc(NCc2nnc(SCC(=O)Nc3ccc(C)cc3C)n2-c2ccccc2)cc1. The third-order valence-electron chi connectivity index (χ3n) is 5.24. The first-order chi connectivity index (χ1) is 16.5. The first kappa shape index (κ1) is 23.4. The zero-order chi connectivity index (χ0) is 23.9. The summed E-state index contributed by atoms with van der Waals surface area (Å²) in [7, 11) is 1.65. The van der Waals surface area contributed by atoms with Gasteiger partial charge in [0.05, 0.1) is 19.4 Å². The topological polar surface area (TPSA) is 81.1 Å². The first-order valence-electron chi connectivity index (χ1n) is 10.9. The van der Waals surface area contributed by atoms with Crippen LogP contribution in [0.1, 0.15) is 17.0 Å². The highest BCUT2D eigenvalue weighted by Crippen LogP contribution is 2.24. The minimum Gasteiger partial charge on any atom is -0.497 e. The predicted molar refractivity (Wildman–Crippen MR) is 137 cm³/mol. The molecule has 0 spiro atoms. The molecule has 2 N–H and O–H groups in total. The number of thioether (sulfide) groups is 1. The monoisotopic (exact) mass is 473 g/mol. The lowest BCUT2D eigenvalue weighted by atomic mass is 10.1. The third kappa shape index (κ3) is 5.77. The number of methoxy groups -OCH3 is 1. The molecule has 4 aromatic rings. The van der Waals surface area contributed by atoms with E-state index in [-0.39, 0.29) is 11.7 Å². The van der Waals surface area contributed by atoms with E-state index in [2.05, 4.69) is 26.9 Å². The summed E-state index contributed by atoms with van der Waals surface area (Å²) in [5.74, 6) is 1.69. The van der Waals surface area contributed by atoms with Crippen LogP contribution in [0, 0.1) is 13.8 Å². The van der Waals surface area contributed by atoms with Gasteiger partial charge in [-0.3, -0.25) is 9.36 Å². The lowest BCUT2D eigenvalue weighted by Gasteiger charge is -2.12. The molecule has 0 fully saturated rings. The fraction of sp³-hybridized carbons (Fsp3) is 0.192. The molecule has 0 aliphatic rings. The van der Waals surface area contributed by atoms with Gasteiger partial charge in [0.2, 0.25) is 5.91 Å². The van der Waals surface area contributed by atoms with Gasteiger partial charge in [-0.25, -0.2) is 0 Å². The van der Waals surface area contributed by atoms with E-state index >= 15 is 0 Å². The summed E-state index contributed by atoms with van der Waals surface area (Å²) in [4.78, 5) is 12.6. The van der Waals surface area contributed by atoms with Gasteiger partial charge < -0.3 is 15.4 Å². The molecule has 4 rings (SSSR count). The maximum absolute atomic E-state index is 12.6. The minimum atomic E-state index is -0.0857.